The minimum Gasteiger partial charge on any atom is -0.391 e. The molecule has 28 heavy (non-hydrogen) atoms. The molecule has 3 aromatic heterocycles. The van der Waals surface area contributed by atoms with Crippen LogP contribution in [0.25, 0.3) is 11.0 Å². The first kappa shape index (κ1) is 18.4. The topological polar surface area (TPSA) is 107 Å². The summed E-state index contributed by atoms with van der Waals surface area (Å²) in [6.07, 6.45) is 6.37. The van der Waals surface area contributed by atoms with E-state index in [4.69, 9.17) is 0 Å². The number of aromatic nitrogens is 4. The Balaban J connectivity index is 1.43. The first-order chi connectivity index (χ1) is 13.6. The minimum absolute atomic E-state index is 0.0215. The zero-order chi connectivity index (χ0) is 19.5. The third kappa shape index (κ3) is 4.12. The lowest BCUT2D eigenvalue weighted by atomic mass is 10.0. The van der Waals surface area contributed by atoms with Crippen molar-refractivity contribution >= 4 is 22.8 Å². The van der Waals surface area contributed by atoms with Crippen LogP contribution in [0.1, 0.15) is 24.2 Å². The van der Waals surface area contributed by atoms with E-state index < -0.39 is 6.10 Å². The highest BCUT2D eigenvalue weighted by atomic mass is 16.3. The molecule has 0 aromatic carbocycles. The number of nitrogens with zero attached hydrogens (tertiary/aromatic N) is 4. The number of carbonyl (C=O) groups is 1. The second-order valence-corrected chi connectivity index (χ2v) is 7.25. The maximum Gasteiger partial charge on any atom is 0.220 e. The molecule has 1 aliphatic rings. The lowest BCUT2D eigenvalue weighted by Gasteiger charge is -2.37. The van der Waals surface area contributed by atoms with Gasteiger partial charge in [-0.3, -0.25) is 9.78 Å². The monoisotopic (exact) mass is 380 g/mol. The summed E-state index contributed by atoms with van der Waals surface area (Å²) >= 11 is 0. The van der Waals surface area contributed by atoms with Crippen LogP contribution in [0.15, 0.2) is 36.8 Å². The number of carbonyl (C=O) groups excluding carboxylic acids is 1. The Morgan fingerprint density at radius 2 is 2.25 bits per heavy atom. The third-order valence-electron chi connectivity index (χ3n) is 4.96. The zero-order valence-corrected chi connectivity index (χ0v) is 15.8. The second kappa shape index (κ2) is 7.93. The predicted molar refractivity (Wildman–Crippen MR) is 106 cm³/mol. The maximum atomic E-state index is 12.4. The molecule has 146 valence electrons. The molecule has 3 N–H and O–H groups in total. The number of rotatable bonds is 5. The number of aromatic amines is 1. The molecule has 0 spiro atoms. The van der Waals surface area contributed by atoms with Crippen molar-refractivity contribution in [3.63, 3.8) is 0 Å². The smallest absolute Gasteiger partial charge is 0.220 e. The van der Waals surface area contributed by atoms with Gasteiger partial charge in [-0.05, 0) is 37.5 Å². The van der Waals surface area contributed by atoms with Crippen LogP contribution in [0.3, 0.4) is 0 Å². The first-order valence-electron chi connectivity index (χ1n) is 9.51. The normalized spacial score (nSPS) is 19.7. The number of amides is 1. The Morgan fingerprint density at radius 3 is 3.07 bits per heavy atom. The lowest BCUT2D eigenvalue weighted by molar-refractivity contribution is -0.122. The maximum absolute atomic E-state index is 12.4. The van der Waals surface area contributed by atoms with Gasteiger partial charge in [0.1, 0.15) is 11.3 Å². The number of anilines is 1. The van der Waals surface area contributed by atoms with Crippen molar-refractivity contribution in [2.24, 2.45) is 0 Å². The summed E-state index contributed by atoms with van der Waals surface area (Å²) in [5.74, 6) is 1.42. The van der Waals surface area contributed by atoms with Gasteiger partial charge in [0.25, 0.3) is 0 Å². The molecule has 4 rings (SSSR count). The summed E-state index contributed by atoms with van der Waals surface area (Å²) in [5, 5.41) is 13.4. The zero-order valence-electron chi connectivity index (χ0n) is 15.8. The van der Waals surface area contributed by atoms with Gasteiger partial charge in [-0.1, -0.05) is 6.07 Å². The van der Waals surface area contributed by atoms with Crippen LogP contribution in [-0.2, 0) is 11.2 Å². The summed E-state index contributed by atoms with van der Waals surface area (Å²) in [5.41, 5.74) is 2.73. The fraction of sp³-hybridized carbons (Fsp3) is 0.400. The molecule has 2 atom stereocenters. The van der Waals surface area contributed by atoms with Crippen molar-refractivity contribution in [1.29, 1.82) is 0 Å². The molecular formula is C20H24N6O2. The molecule has 0 unspecified atom stereocenters. The van der Waals surface area contributed by atoms with Crippen LogP contribution in [0, 0.1) is 6.92 Å². The van der Waals surface area contributed by atoms with E-state index in [1.54, 1.807) is 12.4 Å². The fourth-order valence-corrected chi connectivity index (χ4v) is 3.72. The van der Waals surface area contributed by atoms with E-state index in [9.17, 15) is 9.90 Å². The lowest BCUT2D eigenvalue weighted by Crippen LogP contribution is -2.53. The van der Waals surface area contributed by atoms with E-state index in [0.29, 0.717) is 38.2 Å². The van der Waals surface area contributed by atoms with Crippen molar-refractivity contribution in [3.05, 3.63) is 48.2 Å². The molecule has 1 fully saturated rings. The molecule has 1 amide bonds. The average molecular weight is 380 g/mol. The summed E-state index contributed by atoms with van der Waals surface area (Å²) in [4.78, 5) is 30.7. The van der Waals surface area contributed by atoms with Crippen LogP contribution < -0.4 is 10.2 Å². The van der Waals surface area contributed by atoms with Gasteiger partial charge in [0.05, 0.1) is 11.6 Å². The summed E-state index contributed by atoms with van der Waals surface area (Å²) < 4.78 is 0. The van der Waals surface area contributed by atoms with Crippen LogP contribution in [0.4, 0.5) is 5.82 Å². The van der Waals surface area contributed by atoms with Crippen molar-refractivity contribution in [1.82, 2.24) is 25.3 Å². The number of aliphatic hydroxyl groups is 1. The number of H-pyrrole nitrogens is 1. The highest BCUT2D eigenvalue weighted by molar-refractivity contribution is 5.86. The van der Waals surface area contributed by atoms with Crippen molar-refractivity contribution in [2.75, 3.05) is 18.0 Å². The highest BCUT2D eigenvalue weighted by Gasteiger charge is 2.29. The van der Waals surface area contributed by atoms with Gasteiger partial charge in [-0.25, -0.2) is 9.97 Å². The molecular weight excluding hydrogens is 356 g/mol. The van der Waals surface area contributed by atoms with Gasteiger partial charge in [0.15, 0.2) is 5.82 Å². The molecule has 1 aliphatic heterocycles. The molecule has 4 heterocycles. The Morgan fingerprint density at radius 1 is 1.36 bits per heavy atom. The number of nitrogens with one attached hydrogen (secondary N) is 2. The van der Waals surface area contributed by atoms with Crippen molar-refractivity contribution < 1.29 is 9.90 Å². The van der Waals surface area contributed by atoms with Gasteiger partial charge < -0.3 is 20.3 Å². The molecule has 0 aliphatic carbocycles. The number of β-amino-alcohol motifs (C(OH)–C–C–N with tert-alkyl or cyclic N) is 1. The van der Waals surface area contributed by atoms with E-state index in [-0.39, 0.29) is 11.9 Å². The van der Waals surface area contributed by atoms with Gasteiger partial charge in [-0.2, -0.15) is 0 Å². The van der Waals surface area contributed by atoms with Gasteiger partial charge in [0.2, 0.25) is 5.91 Å². The standard InChI is InChI=1S/C20H24N6O2/c1-13-23-17-6-8-22-19(17)20(24-13)26-11-15(9-16(27)12-26)25-18(28)5-4-14-3-2-7-21-10-14/h2-3,6-8,10,15-16,22,27H,4-5,9,11-12H2,1H3,(H,25,28)/t15-,16+/m0/s1. The molecule has 8 heteroatoms. The number of fused-ring (bicyclic) bond motifs is 1. The summed E-state index contributed by atoms with van der Waals surface area (Å²) in [7, 11) is 0. The van der Waals surface area contributed by atoms with Crippen LogP contribution >= 0.6 is 0 Å². The number of hydrogen-bond donors (Lipinski definition) is 3. The SMILES string of the molecule is Cc1nc(N2C[C@H](O)C[C@H](NC(=O)CCc3cccnc3)C2)c2[nH]ccc2n1. The minimum atomic E-state index is -0.530. The number of pyridine rings is 1. The Kier molecular flexibility index (Phi) is 5.21. The van der Waals surface area contributed by atoms with E-state index in [0.717, 1.165) is 22.4 Å². The quantitative estimate of drug-likeness (QED) is 0.617. The van der Waals surface area contributed by atoms with Gasteiger partial charge >= 0.3 is 0 Å². The van der Waals surface area contributed by atoms with E-state index in [1.165, 1.54) is 0 Å². The van der Waals surface area contributed by atoms with Gasteiger partial charge in [-0.15, -0.1) is 0 Å². The van der Waals surface area contributed by atoms with Crippen LogP contribution in [0.5, 0.6) is 0 Å². The van der Waals surface area contributed by atoms with Gasteiger partial charge in [0, 0.05) is 44.1 Å². The Hall–Kier alpha value is -3.00. The largest absolute Gasteiger partial charge is 0.391 e. The summed E-state index contributed by atoms with van der Waals surface area (Å²) in [6.45, 7) is 2.93. The second-order valence-electron chi connectivity index (χ2n) is 7.25. The number of hydrogen-bond acceptors (Lipinski definition) is 6. The molecule has 0 radical (unpaired) electrons. The predicted octanol–water partition coefficient (Wildman–Crippen LogP) is 1.35. The highest BCUT2D eigenvalue weighted by Crippen LogP contribution is 2.25. The van der Waals surface area contributed by atoms with Crippen LogP contribution in [-0.4, -0.2) is 56.2 Å². The summed E-state index contributed by atoms with van der Waals surface area (Å²) in [6, 6.07) is 5.61. The van der Waals surface area contributed by atoms with E-state index >= 15 is 0 Å². The Bertz CT molecular complexity index is 958. The van der Waals surface area contributed by atoms with Crippen molar-refractivity contribution in [2.45, 2.75) is 38.3 Å². The first-order valence-corrected chi connectivity index (χ1v) is 9.51. The average Bonchev–Trinajstić information content (AvgIpc) is 3.14. The van der Waals surface area contributed by atoms with E-state index in [2.05, 4.69) is 25.3 Å². The number of piperidine rings is 1. The van der Waals surface area contributed by atoms with Crippen molar-refractivity contribution in [3.8, 4) is 0 Å². The molecule has 8 nitrogen and oxygen atoms in total. The molecule has 0 bridgehead atoms. The van der Waals surface area contributed by atoms with Crippen LogP contribution in [0.2, 0.25) is 0 Å². The molecule has 0 saturated carbocycles. The molecule has 1 saturated heterocycles. The number of aryl methyl sites for hydroxylation is 2. The third-order valence-corrected chi connectivity index (χ3v) is 4.96. The fourth-order valence-electron chi connectivity index (χ4n) is 3.72. The van der Waals surface area contributed by atoms with E-state index in [1.807, 2.05) is 36.2 Å². The number of aliphatic hydroxyl groups excluding tert-OH is 1. The molecule has 3 aromatic rings. The Labute approximate surface area is 163 Å².